The standard InChI is InChI=1S/C26H24N4OS/c1-31-22-12-10-19(11-13-22)17-30-25(24(28-26(30)32)23-9-5-6-15-27-23)20-14-16-29(18-20)21-7-3-2-4-8-21/h2-16,18,24-25H,17H2,1H3,(H,28,32)/t24-,25-/m0/s1. The third-order valence-corrected chi connectivity index (χ3v) is 6.17. The van der Waals surface area contributed by atoms with Crippen molar-refractivity contribution in [1.82, 2.24) is 19.8 Å². The fourth-order valence-corrected chi connectivity index (χ4v) is 4.52. The van der Waals surface area contributed by atoms with Crippen molar-refractivity contribution < 1.29 is 4.74 Å². The normalized spacial score (nSPS) is 17.9. The zero-order chi connectivity index (χ0) is 21.9. The lowest BCUT2D eigenvalue weighted by Gasteiger charge is -2.27. The van der Waals surface area contributed by atoms with Crippen LogP contribution >= 0.6 is 12.2 Å². The summed E-state index contributed by atoms with van der Waals surface area (Å²) in [4.78, 5) is 6.88. The molecule has 0 amide bonds. The van der Waals surface area contributed by atoms with Gasteiger partial charge in [-0.3, -0.25) is 4.98 Å². The predicted molar refractivity (Wildman–Crippen MR) is 130 cm³/mol. The first kappa shape index (κ1) is 20.3. The highest BCUT2D eigenvalue weighted by Gasteiger charge is 2.40. The molecule has 1 fully saturated rings. The molecule has 5 rings (SSSR count). The van der Waals surface area contributed by atoms with E-state index in [0.717, 1.165) is 22.2 Å². The Kier molecular flexibility index (Phi) is 5.60. The van der Waals surface area contributed by atoms with E-state index in [2.05, 4.69) is 68.6 Å². The number of hydrogen-bond acceptors (Lipinski definition) is 3. The van der Waals surface area contributed by atoms with Crippen LogP contribution in [0.2, 0.25) is 0 Å². The van der Waals surface area contributed by atoms with Gasteiger partial charge in [0.05, 0.1) is 24.9 Å². The molecule has 6 heteroatoms. The number of ether oxygens (including phenoxy) is 1. The van der Waals surface area contributed by atoms with E-state index < -0.39 is 0 Å². The monoisotopic (exact) mass is 440 g/mol. The van der Waals surface area contributed by atoms with Gasteiger partial charge in [-0.25, -0.2) is 0 Å². The number of benzene rings is 2. The Balaban J connectivity index is 1.51. The molecule has 1 N–H and O–H groups in total. The predicted octanol–water partition coefficient (Wildman–Crippen LogP) is 5.05. The summed E-state index contributed by atoms with van der Waals surface area (Å²) in [5, 5.41) is 4.25. The average Bonchev–Trinajstić information content (AvgIpc) is 3.46. The Labute approximate surface area is 193 Å². The molecule has 2 aromatic heterocycles. The van der Waals surface area contributed by atoms with Crippen LogP contribution in [0.1, 0.15) is 28.9 Å². The maximum atomic E-state index is 5.80. The number of rotatable bonds is 6. The molecule has 160 valence electrons. The molecule has 1 aliphatic heterocycles. The minimum absolute atomic E-state index is 0.0180. The molecule has 2 aromatic carbocycles. The van der Waals surface area contributed by atoms with Crippen molar-refractivity contribution in [1.29, 1.82) is 0 Å². The van der Waals surface area contributed by atoms with Crippen LogP contribution in [0.15, 0.2) is 97.5 Å². The first-order valence-electron chi connectivity index (χ1n) is 10.6. The Hall–Kier alpha value is -3.64. The van der Waals surface area contributed by atoms with Gasteiger partial charge in [-0.1, -0.05) is 36.4 Å². The third kappa shape index (κ3) is 3.97. The van der Waals surface area contributed by atoms with E-state index in [1.54, 1.807) is 7.11 Å². The van der Waals surface area contributed by atoms with Crippen LogP contribution in [0, 0.1) is 0 Å². The minimum Gasteiger partial charge on any atom is -0.497 e. The van der Waals surface area contributed by atoms with Crippen molar-refractivity contribution in [2.24, 2.45) is 0 Å². The summed E-state index contributed by atoms with van der Waals surface area (Å²) in [5.74, 6) is 0.846. The molecule has 5 nitrogen and oxygen atoms in total. The van der Waals surface area contributed by atoms with Crippen LogP contribution < -0.4 is 10.1 Å². The Morgan fingerprint density at radius 1 is 0.969 bits per heavy atom. The summed E-state index contributed by atoms with van der Waals surface area (Å²) in [6.45, 7) is 0.695. The summed E-state index contributed by atoms with van der Waals surface area (Å²) < 4.78 is 7.46. The highest BCUT2D eigenvalue weighted by molar-refractivity contribution is 7.80. The maximum Gasteiger partial charge on any atom is 0.170 e. The van der Waals surface area contributed by atoms with Crippen LogP contribution in [-0.4, -0.2) is 26.7 Å². The van der Waals surface area contributed by atoms with E-state index in [0.29, 0.717) is 6.54 Å². The van der Waals surface area contributed by atoms with E-state index in [4.69, 9.17) is 17.0 Å². The molecule has 1 saturated heterocycles. The van der Waals surface area contributed by atoms with Crippen LogP contribution in [0.3, 0.4) is 0 Å². The molecule has 3 heterocycles. The molecule has 0 spiro atoms. The van der Waals surface area contributed by atoms with Gasteiger partial charge in [-0.2, -0.15) is 0 Å². The average molecular weight is 441 g/mol. The van der Waals surface area contributed by atoms with Gasteiger partial charge in [0.2, 0.25) is 0 Å². The molecule has 0 bridgehead atoms. The quantitative estimate of drug-likeness (QED) is 0.425. The van der Waals surface area contributed by atoms with Crippen molar-refractivity contribution in [3.63, 3.8) is 0 Å². The second kappa shape index (κ2) is 8.85. The van der Waals surface area contributed by atoms with Crippen molar-refractivity contribution >= 4 is 17.3 Å². The van der Waals surface area contributed by atoms with Gasteiger partial charge in [0.25, 0.3) is 0 Å². The minimum atomic E-state index is -0.0337. The fourth-order valence-electron chi connectivity index (χ4n) is 4.22. The molecule has 0 aliphatic carbocycles. The number of aromatic nitrogens is 2. The van der Waals surface area contributed by atoms with Crippen molar-refractivity contribution in [3.8, 4) is 11.4 Å². The van der Waals surface area contributed by atoms with E-state index in [-0.39, 0.29) is 12.1 Å². The van der Waals surface area contributed by atoms with Gasteiger partial charge in [-0.05, 0) is 65.8 Å². The summed E-state index contributed by atoms with van der Waals surface area (Å²) in [6, 6.07) is 26.6. The largest absolute Gasteiger partial charge is 0.497 e. The van der Waals surface area contributed by atoms with Crippen LogP contribution in [0.4, 0.5) is 0 Å². The zero-order valence-electron chi connectivity index (χ0n) is 17.8. The van der Waals surface area contributed by atoms with Crippen molar-refractivity contribution in [2.75, 3.05) is 7.11 Å². The second-order valence-electron chi connectivity index (χ2n) is 7.79. The zero-order valence-corrected chi connectivity index (χ0v) is 18.6. The lowest BCUT2D eigenvalue weighted by atomic mass is 9.98. The molecule has 1 aliphatic rings. The number of para-hydroxylation sites is 1. The first-order chi connectivity index (χ1) is 15.7. The van der Waals surface area contributed by atoms with Crippen LogP contribution in [-0.2, 0) is 6.54 Å². The molecular formula is C26H24N4OS. The number of methoxy groups -OCH3 is 1. The van der Waals surface area contributed by atoms with E-state index in [1.807, 2.05) is 48.7 Å². The highest BCUT2D eigenvalue weighted by Crippen LogP contribution is 2.39. The van der Waals surface area contributed by atoms with E-state index in [1.165, 1.54) is 11.1 Å². The number of nitrogens with one attached hydrogen (secondary N) is 1. The van der Waals surface area contributed by atoms with Gasteiger partial charge in [-0.15, -0.1) is 0 Å². The van der Waals surface area contributed by atoms with Gasteiger partial charge >= 0.3 is 0 Å². The number of nitrogens with zero attached hydrogens (tertiary/aromatic N) is 3. The van der Waals surface area contributed by atoms with Gasteiger partial charge in [0.15, 0.2) is 5.11 Å². The maximum absolute atomic E-state index is 5.80. The summed E-state index contributed by atoms with van der Waals surface area (Å²) >= 11 is 5.80. The van der Waals surface area contributed by atoms with Crippen molar-refractivity contribution in [3.05, 3.63) is 114 Å². The van der Waals surface area contributed by atoms with Gasteiger partial charge in [0.1, 0.15) is 5.75 Å². The number of thiocarbonyl (C=S) groups is 1. The molecule has 4 aromatic rings. The fraction of sp³-hybridized carbons (Fsp3) is 0.154. The lowest BCUT2D eigenvalue weighted by molar-refractivity contribution is 0.311. The Morgan fingerprint density at radius 3 is 2.47 bits per heavy atom. The highest BCUT2D eigenvalue weighted by atomic mass is 32.1. The van der Waals surface area contributed by atoms with Crippen LogP contribution in [0.25, 0.3) is 5.69 Å². The third-order valence-electron chi connectivity index (χ3n) is 5.82. The smallest absolute Gasteiger partial charge is 0.170 e. The second-order valence-corrected chi connectivity index (χ2v) is 8.18. The molecule has 2 atom stereocenters. The first-order valence-corrected chi connectivity index (χ1v) is 11.0. The van der Waals surface area contributed by atoms with Crippen molar-refractivity contribution in [2.45, 2.75) is 18.6 Å². The Morgan fingerprint density at radius 2 is 1.75 bits per heavy atom. The topological polar surface area (TPSA) is 42.3 Å². The van der Waals surface area contributed by atoms with E-state index >= 15 is 0 Å². The molecule has 32 heavy (non-hydrogen) atoms. The Bertz CT molecular complexity index is 1190. The lowest BCUT2D eigenvalue weighted by Crippen LogP contribution is -2.29. The van der Waals surface area contributed by atoms with E-state index in [9.17, 15) is 0 Å². The number of pyridine rings is 1. The summed E-state index contributed by atoms with van der Waals surface area (Å²) in [7, 11) is 1.68. The van der Waals surface area contributed by atoms with Gasteiger partial charge < -0.3 is 19.5 Å². The molecule has 0 saturated carbocycles. The summed E-state index contributed by atoms with van der Waals surface area (Å²) in [6.07, 6.45) is 6.12. The molecule has 0 unspecified atom stereocenters. The van der Waals surface area contributed by atoms with Gasteiger partial charge in [0, 0.05) is 30.8 Å². The summed E-state index contributed by atoms with van der Waals surface area (Å²) in [5.41, 5.74) is 4.46. The SMILES string of the molecule is COc1ccc(CN2C(=S)N[C@@H](c3ccccn3)[C@@H]2c2ccn(-c3ccccc3)c2)cc1. The molecule has 0 radical (unpaired) electrons. The number of hydrogen-bond donors (Lipinski definition) is 1. The molecular weight excluding hydrogens is 416 g/mol. The van der Waals surface area contributed by atoms with Crippen LogP contribution in [0.5, 0.6) is 5.75 Å².